The minimum Gasteiger partial charge on any atom is -0.429 e. The van der Waals surface area contributed by atoms with E-state index in [1.807, 2.05) is 6.20 Å². The van der Waals surface area contributed by atoms with Gasteiger partial charge >= 0.3 is 7.48 Å². The smallest absolute Gasteiger partial charge is 0.312 e. The van der Waals surface area contributed by atoms with Crippen molar-refractivity contribution in [2.75, 3.05) is 0 Å². The predicted octanol–water partition coefficient (Wildman–Crippen LogP) is 2.11. The molecule has 1 aliphatic rings. The van der Waals surface area contributed by atoms with Crippen LogP contribution in [0.3, 0.4) is 0 Å². The van der Waals surface area contributed by atoms with E-state index in [1.165, 1.54) is 24.7 Å². The van der Waals surface area contributed by atoms with Crippen LogP contribution >= 0.6 is 9.24 Å². The molecule has 1 aromatic heterocycles. The molecule has 1 saturated carbocycles. The van der Waals surface area contributed by atoms with E-state index in [0.29, 0.717) is 7.48 Å². The van der Waals surface area contributed by atoms with Crippen molar-refractivity contribution < 1.29 is 4.65 Å². The van der Waals surface area contributed by atoms with Gasteiger partial charge in [0.25, 0.3) is 0 Å². The Bertz CT molecular complexity index is 421. The average Bonchev–Trinajstić information content (AvgIpc) is 2.67. The van der Waals surface area contributed by atoms with Crippen LogP contribution < -0.4 is 5.46 Å². The molecule has 5 heteroatoms. The van der Waals surface area contributed by atoms with Crippen LogP contribution in [0.2, 0.25) is 0 Å². The first-order valence-corrected chi connectivity index (χ1v) is 7.80. The quantitative estimate of drug-likeness (QED) is 0.589. The lowest BCUT2D eigenvalue weighted by atomic mass is 9.85. The Morgan fingerprint density at radius 2 is 2.11 bits per heavy atom. The van der Waals surface area contributed by atoms with Gasteiger partial charge in [0, 0.05) is 24.1 Å². The fraction of sp³-hybridized carbons (Fsp3) is 0.786. The summed E-state index contributed by atoms with van der Waals surface area (Å²) in [6.45, 7) is 9.70. The highest BCUT2D eigenvalue weighted by Gasteiger charge is 2.33. The van der Waals surface area contributed by atoms with Crippen LogP contribution in [0.5, 0.6) is 0 Å². The van der Waals surface area contributed by atoms with Crippen LogP contribution in [0.4, 0.5) is 0 Å². The fourth-order valence-corrected chi connectivity index (χ4v) is 2.05. The summed E-state index contributed by atoms with van der Waals surface area (Å²) < 4.78 is 8.14. The third kappa shape index (κ3) is 3.82. The Hall–Kier alpha value is -0.335. The summed E-state index contributed by atoms with van der Waals surface area (Å²) in [6.07, 6.45) is 8.17. The normalized spacial score (nSPS) is 17.3. The molecule has 0 saturated heterocycles. The van der Waals surface area contributed by atoms with Crippen molar-refractivity contribution in [3.8, 4) is 0 Å². The monoisotopic (exact) mass is 280 g/mol. The van der Waals surface area contributed by atoms with Gasteiger partial charge in [-0.25, -0.2) is 0 Å². The first kappa shape index (κ1) is 15.1. The second kappa shape index (κ2) is 5.57. The molecular weight excluding hydrogens is 254 g/mol. The lowest BCUT2D eigenvalue weighted by molar-refractivity contribution is 0.0841. The zero-order chi connectivity index (χ0) is 14.1. The molecule has 0 bridgehead atoms. The second-order valence-corrected chi connectivity index (χ2v) is 8.33. The highest BCUT2D eigenvalue weighted by molar-refractivity contribution is 7.19. The van der Waals surface area contributed by atoms with E-state index in [4.69, 9.17) is 4.65 Å². The molecule has 0 N–H and O–H groups in total. The lowest BCUT2D eigenvalue weighted by Gasteiger charge is -2.38. The van der Waals surface area contributed by atoms with Crippen LogP contribution in [0.25, 0.3) is 0 Å². The summed E-state index contributed by atoms with van der Waals surface area (Å²) in [6, 6.07) is 0. The molecule has 0 aliphatic heterocycles. The zero-order valence-corrected chi connectivity index (χ0v) is 13.8. The topological polar surface area (TPSA) is 27.1 Å². The number of rotatable bonds is 6. The molecule has 1 heterocycles. The van der Waals surface area contributed by atoms with E-state index < -0.39 is 0 Å². The Labute approximate surface area is 120 Å². The molecule has 1 aliphatic carbocycles. The highest BCUT2D eigenvalue weighted by atomic mass is 31.0. The molecule has 3 nitrogen and oxygen atoms in total. The van der Waals surface area contributed by atoms with Gasteiger partial charge in [0.1, 0.15) is 0 Å². The van der Waals surface area contributed by atoms with Gasteiger partial charge in [0.15, 0.2) is 0 Å². The highest BCUT2D eigenvalue weighted by Crippen LogP contribution is 2.33. The number of nitrogens with zero attached hydrogens (tertiary/aromatic N) is 2. The van der Waals surface area contributed by atoms with E-state index in [1.54, 1.807) is 0 Å². The molecule has 2 rings (SSSR count). The van der Waals surface area contributed by atoms with Gasteiger partial charge in [-0.3, -0.25) is 4.68 Å². The third-order valence-corrected chi connectivity index (χ3v) is 5.20. The standard InChI is InChI=1S/C14H26BN2OP/c1-13(2,14(3,4)19)18-15-12-8-16-17(10-12)9-11-6-5-7-11/h8,10-11,15H,5-7,9,19H2,1-4H3. The van der Waals surface area contributed by atoms with E-state index in [0.717, 1.165) is 12.5 Å². The summed E-state index contributed by atoms with van der Waals surface area (Å²) in [5.41, 5.74) is 0.995. The summed E-state index contributed by atoms with van der Waals surface area (Å²) in [5, 5.41) is 4.48. The number of hydrogen-bond acceptors (Lipinski definition) is 2. The SMILES string of the molecule is CC(C)(P)C(C)(C)OBc1cnn(CC2CCC2)c1. The van der Waals surface area contributed by atoms with Crippen LogP contribution in [-0.2, 0) is 11.2 Å². The molecule has 1 unspecified atom stereocenters. The minimum atomic E-state index is -0.173. The molecular formula is C14H26BN2OP. The average molecular weight is 280 g/mol. The minimum absolute atomic E-state index is 0.0505. The van der Waals surface area contributed by atoms with Gasteiger partial charge in [0.2, 0.25) is 0 Å². The molecule has 0 radical (unpaired) electrons. The lowest BCUT2D eigenvalue weighted by Crippen LogP contribution is -2.45. The number of hydrogen-bond donors (Lipinski definition) is 0. The van der Waals surface area contributed by atoms with Gasteiger partial charge in [-0.15, -0.1) is 9.24 Å². The summed E-state index contributed by atoms with van der Waals surface area (Å²) in [5.74, 6) is 0.844. The number of aromatic nitrogens is 2. The van der Waals surface area contributed by atoms with Crippen LogP contribution in [0, 0.1) is 5.92 Å². The van der Waals surface area contributed by atoms with Gasteiger partial charge in [0.05, 0.1) is 5.60 Å². The Kier molecular flexibility index (Phi) is 4.42. The Balaban J connectivity index is 1.86. The van der Waals surface area contributed by atoms with E-state index in [2.05, 4.69) is 52.9 Å². The molecule has 1 aromatic rings. The van der Waals surface area contributed by atoms with Crippen LogP contribution in [0.15, 0.2) is 12.4 Å². The maximum Gasteiger partial charge on any atom is 0.312 e. The van der Waals surface area contributed by atoms with Gasteiger partial charge < -0.3 is 4.65 Å². The molecule has 1 atom stereocenters. The second-order valence-electron chi connectivity index (χ2n) is 6.89. The molecule has 0 spiro atoms. The van der Waals surface area contributed by atoms with Crippen molar-refractivity contribution in [1.82, 2.24) is 9.78 Å². The maximum absolute atomic E-state index is 6.06. The van der Waals surface area contributed by atoms with Crippen LogP contribution in [0.1, 0.15) is 47.0 Å². The Morgan fingerprint density at radius 3 is 2.63 bits per heavy atom. The van der Waals surface area contributed by atoms with Crippen molar-refractivity contribution in [2.45, 2.75) is 64.3 Å². The van der Waals surface area contributed by atoms with Crippen molar-refractivity contribution in [3.05, 3.63) is 12.4 Å². The first-order chi connectivity index (χ1) is 8.78. The van der Waals surface area contributed by atoms with Crippen LogP contribution in [-0.4, -0.2) is 28.0 Å². The van der Waals surface area contributed by atoms with Crippen molar-refractivity contribution in [2.24, 2.45) is 5.92 Å². The molecule has 19 heavy (non-hydrogen) atoms. The van der Waals surface area contributed by atoms with Gasteiger partial charge in [-0.2, -0.15) is 5.10 Å². The first-order valence-electron chi connectivity index (χ1n) is 7.22. The molecule has 0 aromatic carbocycles. The largest absolute Gasteiger partial charge is 0.429 e. The zero-order valence-electron chi connectivity index (χ0n) is 12.6. The maximum atomic E-state index is 6.06. The Morgan fingerprint density at radius 1 is 1.42 bits per heavy atom. The van der Waals surface area contributed by atoms with Crippen molar-refractivity contribution >= 4 is 22.2 Å². The summed E-state index contributed by atoms with van der Waals surface area (Å²) in [4.78, 5) is 0. The van der Waals surface area contributed by atoms with Crippen molar-refractivity contribution in [1.29, 1.82) is 0 Å². The van der Waals surface area contributed by atoms with E-state index >= 15 is 0 Å². The molecule has 0 amide bonds. The van der Waals surface area contributed by atoms with Crippen molar-refractivity contribution in [3.63, 3.8) is 0 Å². The van der Waals surface area contributed by atoms with E-state index in [9.17, 15) is 0 Å². The van der Waals surface area contributed by atoms with E-state index in [-0.39, 0.29) is 10.8 Å². The fourth-order valence-electron chi connectivity index (χ4n) is 1.97. The third-order valence-electron chi connectivity index (χ3n) is 4.51. The van der Waals surface area contributed by atoms with Gasteiger partial charge in [-0.1, -0.05) is 20.3 Å². The predicted molar refractivity (Wildman–Crippen MR) is 85.3 cm³/mol. The van der Waals surface area contributed by atoms with Gasteiger partial charge in [-0.05, 0) is 38.1 Å². The molecule has 1 fully saturated rings. The summed E-state index contributed by atoms with van der Waals surface area (Å²) >= 11 is 0. The molecule has 106 valence electrons. The summed E-state index contributed by atoms with van der Waals surface area (Å²) in [7, 11) is 3.50.